The molecule has 0 bridgehead atoms. The fourth-order valence-corrected chi connectivity index (χ4v) is 15.6. The lowest BCUT2D eigenvalue weighted by Crippen LogP contribution is -2.49. The SMILES string of the molecule is CCCN(CCCCCC(=O)N(C)CCN1CCC(OC(=O)Cc2ccccc2-c2ccccc2)CC1)Cc1ccc(C(=O)N(C)CCCN(C)C(=O)CC)s1.CO[C@H]1Cc2ccccc2C12CCN(CC[C@@]1(c3ccc(F)cc3)CN(C(=O)c3cc(C(F)(F)F)cc(C(F)(F)F)c3)CO1)CC2. The van der Waals surface area contributed by atoms with Crippen molar-refractivity contribution < 1.29 is 68.9 Å². The van der Waals surface area contributed by atoms with Gasteiger partial charge in [-0.3, -0.25) is 28.9 Å². The van der Waals surface area contributed by atoms with Gasteiger partial charge in [0, 0.05) is 109 Å². The molecule has 2 atom stereocenters. The Balaban J connectivity index is 0.000000241. The van der Waals surface area contributed by atoms with E-state index in [9.17, 15) is 54.7 Å². The summed E-state index contributed by atoms with van der Waals surface area (Å²) in [6.45, 7) is 12.9. The number of thiophene rings is 1. The van der Waals surface area contributed by atoms with E-state index >= 15 is 0 Å². The Hall–Kier alpha value is -7.54. The molecule has 15 nitrogen and oxygen atoms in total. The van der Waals surface area contributed by atoms with Gasteiger partial charge in [-0.1, -0.05) is 111 Å². The zero-order valence-corrected chi connectivity index (χ0v) is 60.4. The molecule has 4 aliphatic rings. The third-order valence-electron chi connectivity index (χ3n) is 20.5. The predicted molar refractivity (Wildman–Crippen MR) is 381 cm³/mol. The van der Waals surface area contributed by atoms with Gasteiger partial charge in [0.05, 0.1) is 35.1 Å². The number of carbonyl (C=O) groups excluding carboxylic acids is 5. The van der Waals surface area contributed by atoms with Crippen molar-refractivity contribution in [2.24, 2.45) is 0 Å². The first-order valence-corrected chi connectivity index (χ1v) is 36.6. The lowest BCUT2D eigenvalue weighted by molar-refractivity contribution is -0.150. The van der Waals surface area contributed by atoms with Crippen molar-refractivity contribution in [3.8, 4) is 11.1 Å². The number of likely N-dealkylation sites (N-methyl/N-ethyl adjacent to an activating group) is 1. The first-order valence-electron chi connectivity index (χ1n) is 35.7. The maximum Gasteiger partial charge on any atom is 0.416 e. The fourth-order valence-electron chi connectivity index (χ4n) is 14.6. The van der Waals surface area contributed by atoms with Gasteiger partial charge in [0.1, 0.15) is 24.3 Å². The average Bonchev–Trinajstić information content (AvgIpc) is 1.59. The number of likely N-dealkylation sites (tertiary alicyclic amines) is 2. The molecule has 1 spiro atoms. The van der Waals surface area contributed by atoms with Crippen LogP contribution in [0.1, 0.15) is 149 Å². The smallest absolute Gasteiger partial charge is 0.416 e. The first-order chi connectivity index (χ1) is 48.8. The second-order valence-electron chi connectivity index (χ2n) is 27.6. The van der Waals surface area contributed by atoms with Gasteiger partial charge in [0.25, 0.3) is 11.8 Å². The highest BCUT2D eigenvalue weighted by Gasteiger charge is 2.50. The largest absolute Gasteiger partial charge is 0.462 e. The number of rotatable bonds is 29. The predicted octanol–water partition coefficient (Wildman–Crippen LogP) is 14.4. The van der Waals surface area contributed by atoms with E-state index < -0.39 is 46.4 Å². The lowest BCUT2D eigenvalue weighted by Gasteiger charge is -2.44. The number of amides is 4. The van der Waals surface area contributed by atoms with Crippen LogP contribution in [0, 0.1) is 5.82 Å². The van der Waals surface area contributed by atoms with E-state index in [1.807, 2.05) is 87.6 Å². The Labute approximate surface area is 599 Å². The molecule has 4 amide bonds. The van der Waals surface area contributed by atoms with Crippen molar-refractivity contribution >= 4 is 40.9 Å². The number of benzene rings is 5. The van der Waals surface area contributed by atoms with Crippen LogP contribution >= 0.6 is 11.3 Å². The number of alkyl halides is 6. The molecule has 0 N–H and O–H groups in total. The van der Waals surface area contributed by atoms with Crippen molar-refractivity contribution in [1.82, 2.24) is 34.3 Å². The fraction of sp³-hybridized carbons (Fsp3) is 0.506. The van der Waals surface area contributed by atoms with Gasteiger partial charge >= 0.3 is 18.3 Å². The second-order valence-corrected chi connectivity index (χ2v) is 28.7. The molecule has 4 heterocycles. The van der Waals surface area contributed by atoms with E-state index in [4.69, 9.17) is 14.2 Å². The summed E-state index contributed by atoms with van der Waals surface area (Å²) < 4.78 is 113. The van der Waals surface area contributed by atoms with E-state index in [0.717, 1.165) is 143 Å². The summed E-state index contributed by atoms with van der Waals surface area (Å²) >= 11 is 1.57. The average molecular weight is 1440 g/mol. The van der Waals surface area contributed by atoms with E-state index in [-0.39, 0.29) is 67.1 Å². The van der Waals surface area contributed by atoms with Crippen molar-refractivity contribution in [2.45, 2.75) is 146 Å². The minimum Gasteiger partial charge on any atom is -0.462 e. The number of halogens is 7. The second kappa shape index (κ2) is 36.3. The first kappa shape index (κ1) is 78.6. The number of ether oxygens (including phenoxy) is 3. The monoisotopic (exact) mass is 1440 g/mol. The van der Waals surface area contributed by atoms with E-state index in [1.54, 1.807) is 28.2 Å². The number of esters is 1. The summed E-state index contributed by atoms with van der Waals surface area (Å²) in [6.07, 6.45) is 0.438. The van der Waals surface area contributed by atoms with Crippen LogP contribution in [0.15, 0.2) is 133 Å². The van der Waals surface area contributed by atoms with Crippen LogP contribution in [0.5, 0.6) is 0 Å². The number of methoxy groups -OCH3 is 1. The molecule has 552 valence electrons. The van der Waals surface area contributed by atoms with Crippen LogP contribution in [0.3, 0.4) is 0 Å². The minimum atomic E-state index is -5.09. The molecule has 102 heavy (non-hydrogen) atoms. The number of hydrogen-bond donors (Lipinski definition) is 0. The summed E-state index contributed by atoms with van der Waals surface area (Å²) in [5.74, 6) is -1.34. The van der Waals surface area contributed by atoms with Crippen LogP contribution in [0.2, 0.25) is 0 Å². The Morgan fingerprint density at radius 1 is 0.667 bits per heavy atom. The topological polar surface area (TPSA) is 136 Å². The highest BCUT2D eigenvalue weighted by atomic mass is 32.1. The van der Waals surface area contributed by atoms with Gasteiger partial charge in [-0.05, 0) is 166 Å². The van der Waals surface area contributed by atoms with Crippen LogP contribution in [-0.2, 0) is 71.3 Å². The summed E-state index contributed by atoms with van der Waals surface area (Å²) in [5, 5.41) is 0. The van der Waals surface area contributed by atoms with Gasteiger partial charge < -0.3 is 43.6 Å². The van der Waals surface area contributed by atoms with E-state index in [1.165, 1.54) is 40.3 Å². The maximum atomic E-state index is 13.9. The van der Waals surface area contributed by atoms with Gasteiger partial charge in [-0.15, -0.1) is 11.3 Å². The summed E-state index contributed by atoms with van der Waals surface area (Å²) in [5.41, 5.74) is 1.19. The Morgan fingerprint density at radius 2 is 1.31 bits per heavy atom. The third-order valence-corrected chi connectivity index (χ3v) is 21.6. The molecule has 1 aliphatic carbocycles. The lowest BCUT2D eigenvalue weighted by atomic mass is 9.72. The molecule has 3 saturated heterocycles. The summed E-state index contributed by atoms with van der Waals surface area (Å²) in [7, 11) is 7.28. The Bertz CT molecular complexity index is 3700. The molecule has 0 radical (unpaired) electrons. The van der Waals surface area contributed by atoms with Crippen LogP contribution < -0.4 is 0 Å². The Kier molecular flexibility index (Phi) is 27.9. The maximum absolute atomic E-state index is 13.9. The highest BCUT2D eigenvalue weighted by molar-refractivity contribution is 7.14. The van der Waals surface area contributed by atoms with Crippen LogP contribution in [0.4, 0.5) is 30.7 Å². The molecule has 1 aromatic heterocycles. The molecule has 3 fully saturated rings. The van der Waals surface area contributed by atoms with Crippen LogP contribution in [-0.4, -0.2) is 190 Å². The van der Waals surface area contributed by atoms with E-state index in [2.05, 4.69) is 58.0 Å². The Morgan fingerprint density at radius 3 is 1.99 bits per heavy atom. The molecule has 0 unspecified atom stereocenters. The van der Waals surface area contributed by atoms with Gasteiger partial charge in [0.2, 0.25) is 11.8 Å². The molecule has 5 aromatic carbocycles. The number of nitrogens with zero attached hydrogens (tertiary/aromatic N) is 7. The van der Waals surface area contributed by atoms with Gasteiger partial charge in [0.15, 0.2) is 0 Å². The molecule has 0 saturated carbocycles. The quantitative estimate of drug-likeness (QED) is 0.0252. The normalized spacial score (nSPS) is 17.9. The van der Waals surface area contributed by atoms with Crippen LogP contribution in [0.25, 0.3) is 11.1 Å². The minimum absolute atomic E-state index is 0.0121. The highest BCUT2D eigenvalue weighted by Crippen LogP contribution is 2.48. The zero-order valence-electron chi connectivity index (χ0n) is 59.6. The molecule has 10 rings (SSSR count). The number of unbranched alkanes of at least 4 members (excludes halogenated alkanes) is 2. The summed E-state index contributed by atoms with van der Waals surface area (Å²) in [6, 6.07) is 37.0. The number of piperidine rings is 2. The number of fused-ring (bicyclic) bond motifs is 2. The van der Waals surface area contributed by atoms with Crippen molar-refractivity contribution in [2.75, 3.05) is 114 Å². The summed E-state index contributed by atoms with van der Waals surface area (Å²) in [4.78, 5) is 79.5. The molecular weight excluding hydrogens is 1340 g/mol. The standard InChI is InChI=1S/C45H65N5O5S.C34H33F7N2O3/c1-6-26-50(35-39-22-23-41(56-39)45(54)48(5)28-16-27-46(3)42(51)7-2)29-15-9-12-21-43(52)47(4)32-33-49-30-24-38(25-31-49)55-44(53)34-37-19-13-14-20-40(37)36-17-10-8-11-18-36;1-45-29-18-22-4-2-3-5-28(22)31(29)10-13-42(14-11-31)15-12-32(24-6-8-27(35)9-7-24)20-43(21-46-32)30(44)23-16-25(33(36,37)38)19-26(17-23)34(39,40)41/h8,10-11,13-14,17-20,22-23,38H,6-7,9,12,15-16,21,24-35H2,1-5H3;2-9,16-17,19,29H,10-15,18,20-21H2,1H3/t;29-,32-/m.0/s1. The van der Waals surface area contributed by atoms with Crippen molar-refractivity contribution in [3.05, 3.63) is 188 Å². The van der Waals surface area contributed by atoms with Gasteiger partial charge in [-0.2, -0.15) is 26.3 Å². The van der Waals surface area contributed by atoms with E-state index in [0.29, 0.717) is 63.1 Å². The third kappa shape index (κ3) is 20.9. The molecule has 6 aromatic rings. The van der Waals surface area contributed by atoms with Crippen molar-refractivity contribution in [3.63, 3.8) is 0 Å². The van der Waals surface area contributed by atoms with Crippen molar-refractivity contribution in [1.29, 1.82) is 0 Å². The molecular formula is C79H98F7N7O8S. The van der Waals surface area contributed by atoms with Gasteiger partial charge in [-0.25, -0.2) is 4.39 Å². The molecule has 23 heteroatoms. The number of hydrogen-bond acceptors (Lipinski definition) is 12. The molecule has 3 aliphatic heterocycles. The number of carbonyl (C=O) groups is 5. The zero-order chi connectivity index (χ0) is 73.2.